The van der Waals surface area contributed by atoms with Crippen LogP contribution < -0.4 is 0 Å². The highest BCUT2D eigenvalue weighted by Crippen LogP contribution is 2.40. The van der Waals surface area contributed by atoms with Crippen molar-refractivity contribution in [3.8, 4) is 0 Å². The van der Waals surface area contributed by atoms with Crippen LogP contribution in [0.15, 0.2) is 24.3 Å². The van der Waals surface area contributed by atoms with Crippen LogP contribution in [0.25, 0.3) is 0 Å². The summed E-state index contributed by atoms with van der Waals surface area (Å²) < 4.78 is 0. The van der Waals surface area contributed by atoms with E-state index in [1.54, 1.807) is 6.07 Å². The number of hydrogen-bond donors (Lipinski definition) is 0. The Labute approximate surface area is 123 Å². The van der Waals surface area contributed by atoms with Crippen molar-refractivity contribution in [1.29, 1.82) is 0 Å². The molecule has 3 rings (SSSR count). The smallest absolute Gasteiger partial charge is 0.254 e. The van der Waals surface area contributed by atoms with Gasteiger partial charge in [-0.25, -0.2) is 0 Å². The Kier molecular flexibility index (Phi) is 3.77. The lowest BCUT2D eigenvalue weighted by molar-refractivity contribution is 0.0601. The third kappa shape index (κ3) is 2.50. The molecule has 2 heterocycles. The summed E-state index contributed by atoms with van der Waals surface area (Å²) in [7, 11) is 0. The first-order valence-corrected chi connectivity index (χ1v) is 8.46. The summed E-state index contributed by atoms with van der Waals surface area (Å²) in [6, 6.07) is 8.18. The summed E-state index contributed by atoms with van der Waals surface area (Å²) in [4.78, 5) is 14.8. The molecule has 1 unspecified atom stereocenters. The molecular weight excluding hydrogens is 278 g/mol. The van der Waals surface area contributed by atoms with Gasteiger partial charge in [0.25, 0.3) is 5.91 Å². The third-order valence-corrected chi connectivity index (χ3v) is 5.62. The molecule has 2 aliphatic heterocycles. The second-order valence-electron chi connectivity index (χ2n) is 5.44. The normalized spacial score (nSPS) is 29.6. The molecule has 0 spiro atoms. The predicted octanol–water partition coefficient (Wildman–Crippen LogP) is 3.84. The molecule has 2 saturated heterocycles. The largest absolute Gasteiger partial charge is 0.333 e. The van der Waals surface area contributed by atoms with Gasteiger partial charge in [0.05, 0.1) is 0 Å². The monoisotopic (exact) mass is 295 g/mol. The first kappa shape index (κ1) is 13.3. The number of fused-ring (bicyclic) bond motifs is 2. The molecule has 2 nitrogen and oxygen atoms in total. The number of thioether (sulfide) groups is 1. The highest BCUT2D eigenvalue weighted by atomic mass is 35.5. The van der Waals surface area contributed by atoms with Crippen molar-refractivity contribution < 1.29 is 4.79 Å². The number of piperidine rings is 1. The van der Waals surface area contributed by atoms with E-state index in [-0.39, 0.29) is 5.91 Å². The first-order chi connectivity index (χ1) is 9.19. The van der Waals surface area contributed by atoms with Crippen LogP contribution in [0.3, 0.4) is 0 Å². The maximum Gasteiger partial charge on any atom is 0.254 e. The van der Waals surface area contributed by atoms with Crippen molar-refractivity contribution in [1.82, 2.24) is 4.90 Å². The summed E-state index contributed by atoms with van der Waals surface area (Å²) in [5.74, 6) is 0.162. The van der Waals surface area contributed by atoms with Gasteiger partial charge in [0.15, 0.2) is 0 Å². The molecule has 0 N–H and O–H groups in total. The molecule has 4 heteroatoms. The van der Waals surface area contributed by atoms with E-state index < -0.39 is 0 Å². The van der Waals surface area contributed by atoms with Crippen molar-refractivity contribution in [2.75, 3.05) is 6.26 Å². The Bertz CT molecular complexity index is 479. The summed E-state index contributed by atoms with van der Waals surface area (Å²) in [6.45, 7) is 0. The molecule has 102 valence electrons. The number of halogens is 1. The van der Waals surface area contributed by atoms with Crippen LogP contribution in [0.4, 0.5) is 0 Å². The van der Waals surface area contributed by atoms with Crippen LogP contribution in [0.2, 0.25) is 5.02 Å². The quantitative estimate of drug-likeness (QED) is 0.826. The summed E-state index contributed by atoms with van der Waals surface area (Å²) in [5.41, 5.74) is 0.729. The van der Waals surface area contributed by atoms with Gasteiger partial charge in [0.1, 0.15) is 0 Å². The zero-order valence-electron chi connectivity index (χ0n) is 11.0. The SMILES string of the molecule is CSC1C[C@H]2CC[C@@H](C1)N2C(=O)c1cccc(Cl)c1. The zero-order valence-corrected chi connectivity index (χ0v) is 12.6. The van der Waals surface area contributed by atoms with Crippen molar-refractivity contribution >= 4 is 29.3 Å². The van der Waals surface area contributed by atoms with Crippen LogP contribution in [-0.4, -0.2) is 34.4 Å². The lowest BCUT2D eigenvalue weighted by Crippen LogP contribution is -2.47. The van der Waals surface area contributed by atoms with Gasteiger partial charge in [-0.3, -0.25) is 4.79 Å². The molecule has 2 fully saturated rings. The number of amides is 1. The average molecular weight is 296 g/mol. The van der Waals surface area contributed by atoms with Crippen LogP contribution in [0, 0.1) is 0 Å². The van der Waals surface area contributed by atoms with Crippen LogP contribution >= 0.6 is 23.4 Å². The van der Waals surface area contributed by atoms with Gasteiger partial charge in [-0.05, 0) is 50.1 Å². The summed E-state index contributed by atoms with van der Waals surface area (Å²) >= 11 is 7.93. The minimum atomic E-state index is 0.162. The third-order valence-electron chi connectivity index (χ3n) is 4.33. The number of nitrogens with zero attached hydrogens (tertiary/aromatic N) is 1. The number of benzene rings is 1. The highest BCUT2D eigenvalue weighted by Gasteiger charge is 2.43. The summed E-state index contributed by atoms with van der Waals surface area (Å²) in [5, 5.41) is 1.36. The number of carbonyl (C=O) groups excluding carboxylic acids is 1. The van der Waals surface area contributed by atoms with E-state index in [0.717, 1.165) is 36.5 Å². The molecular formula is C15H18ClNOS. The fourth-order valence-electron chi connectivity index (χ4n) is 3.42. The van der Waals surface area contributed by atoms with E-state index in [4.69, 9.17) is 11.6 Å². The van der Waals surface area contributed by atoms with Crippen LogP contribution in [0.1, 0.15) is 36.0 Å². The molecule has 0 saturated carbocycles. The fraction of sp³-hybridized carbons (Fsp3) is 0.533. The minimum Gasteiger partial charge on any atom is -0.333 e. The second kappa shape index (κ2) is 5.37. The molecule has 1 amide bonds. The molecule has 0 radical (unpaired) electrons. The summed E-state index contributed by atoms with van der Waals surface area (Å²) in [6.07, 6.45) is 6.79. The van der Waals surface area contributed by atoms with Crippen LogP contribution in [-0.2, 0) is 0 Å². The van der Waals surface area contributed by atoms with Gasteiger partial charge in [-0.2, -0.15) is 11.8 Å². The van der Waals surface area contributed by atoms with E-state index >= 15 is 0 Å². The van der Waals surface area contributed by atoms with E-state index in [1.807, 2.05) is 30.0 Å². The lowest BCUT2D eigenvalue weighted by atomic mass is 10.0. The maximum absolute atomic E-state index is 12.7. The molecule has 1 aromatic carbocycles. The number of rotatable bonds is 2. The van der Waals surface area contributed by atoms with Crippen molar-refractivity contribution in [2.45, 2.75) is 43.0 Å². The Balaban J connectivity index is 1.82. The van der Waals surface area contributed by atoms with Crippen molar-refractivity contribution in [3.63, 3.8) is 0 Å². The van der Waals surface area contributed by atoms with E-state index in [1.165, 1.54) is 0 Å². The number of carbonyl (C=O) groups is 1. The Morgan fingerprint density at radius 1 is 1.32 bits per heavy atom. The Morgan fingerprint density at radius 2 is 2.00 bits per heavy atom. The van der Waals surface area contributed by atoms with Crippen molar-refractivity contribution in [2.24, 2.45) is 0 Å². The Morgan fingerprint density at radius 3 is 2.58 bits per heavy atom. The fourth-order valence-corrected chi connectivity index (χ4v) is 4.44. The van der Waals surface area contributed by atoms with Gasteiger partial charge >= 0.3 is 0 Å². The average Bonchev–Trinajstić information content (AvgIpc) is 2.68. The standard InChI is InChI=1S/C15H18ClNOS/c1-19-14-8-12-5-6-13(9-14)17(12)15(18)10-3-2-4-11(16)7-10/h2-4,7,12-14H,5-6,8-9H2,1H3/t12-,13+,14?. The van der Waals surface area contributed by atoms with Gasteiger partial charge in [0, 0.05) is 27.9 Å². The second-order valence-corrected chi connectivity index (χ2v) is 7.01. The minimum absolute atomic E-state index is 0.162. The molecule has 2 bridgehead atoms. The van der Waals surface area contributed by atoms with Gasteiger partial charge in [0.2, 0.25) is 0 Å². The Hall–Kier alpha value is -0.670. The van der Waals surface area contributed by atoms with Gasteiger partial charge in [-0.1, -0.05) is 17.7 Å². The van der Waals surface area contributed by atoms with Gasteiger partial charge < -0.3 is 4.90 Å². The maximum atomic E-state index is 12.7. The number of hydrogen-bond acceptors (Lipinski definition) is 2. The molecule has 3 atom stereocenters. The van der Waals surface area contributed by atoms with E-state index in [0.29, 0.717) is 17.1 Å². The molecule has 19 heavy (non-hydrogen) atoms. The van der Waals surface area contributed by atoms with Crippen molar-refractivity contribution in [3.05, 3.63) is 34.9 Å². The van der Waals surface area contributed by atoms with E-state index in [9.17, 15) is 4.79 Å². The molecule has 2 aliphatic rings. The van der Waals surface area contributed by atoms with Gasteiger partial charge in [-0.15, -0.1) is 0 Å². The van der Waals surface area contributed by atoms with Crippen LogP contribution in [0.5, 0.6) is 0 Å². The topological polar surface area (TPSA) is 20.3 Å². The first-order valence-electron chi connectivity index (χ1n) is 6.80. The van der Waals surface area contributed by atoms with E-state index in [2.05, 4.69) is 11.2 Å². The zero-order chi connectivity index (χ0) is 13.4. The lowest BCUT2D eigenvalue weighted by Gasteiger charge is -2.38. The molecule has 1 aromatic rings. The predicted molar refractivity (Wildman–Crippen MR) is 81.0 cm³/mol. The molecule has 0 aromatic heterocycles. The highest BCUT2D eigenvalue weighted by molar-refractivity contribution is 7.99. The molecule has 0 aliphatic carbocycles.